The summed E-state index contributed by atoms with van der Waals surface area (Å²) in [7, 11) is 0. The van der Waals surface area contributed by atoms with Crippen molar-refractivity contribution >= 4 is 0 Å². The first-order chi connectivity index (χ1) is 8.55. The molecular weight excluding hydrogens is 220 g/mol. The predicted octanol–water partition coefficient (Wildman–Crippen LogP) is 3.28. The molecule has 1 N–H and O–H groups in total. The van der Waals surface area contributed by atoms with Gasteiger partial charge in [0.1, 0.15) is 0 Å². The molecule has 0 aromatic heterocycles. The van der Waals surface area contributed by atoms with E-state index in [-0.39, 0.29) is 0 Å². The topological polar surface area (TPSA) is 15.3 Å². The van der Waals surface area contributed by atoms with Gasteiger partial charge in [-0.15, -0.1) is 0 Å². The zero-order valence-corrected chi connectivity index (χ0v) is 12.7. The number of hydrogen-bond donors (Lipinski definition) is 1. The van der Waals surface area contributed by atoms with Gasteiger partial charge in [0.25, 0.3) is 0 Å². The van der Waals surface area contributed by atoms with Crippen LogP contribution in [0.25, 0.3) is 0 Å². The van der Waals surface area contributed by atoms with E-state index in [1.54, 1.807) is 0 Å². The van der Waals surface area contributed by atoms with Crippen molar-refractivity contribution in [1.82, 2.24) is 10.2 Å². The lowest BCUT2D eigenvalue weighted by Crippen LogP contribution is -2.39. The minimum atomic E-state index is 0.514. The molecule has 2 aliphatic rings. The second kappa shape index (κ2) is 6.38. The quantitative estimate of drug-likeness (QED) is 0.826. The smallest absolute Gasteiger partial charge is 0.0107 e. The van der Waals surface area contributed by atoms with Gasteiger partial charge >= 0.3 is 0 Å². The number of hydrogen-bond acceptors (Lipinski definition) is 2. The largest absolute Gasteiger partial charge is 0.313 e. The highest BCUT2D eigenvalue weighted by Gasteiger charge is 2.29. The van der Waals surface area contributed by atoms with E-state index < -0.39 is 0 Å². The number of nitrogens with zero attached hydrogens (tertiary/aromatic N) is 1. The minimum Gasteiger partial charge on any atom is -0.313 e. The van der Waals surface area contributed by atoms with E-state index in [0.717, 1.165) is 12.0 Å². The number of rotatable bonds is 4. The van der Waals surface area contributed by atoms with Gasteiger partial charge in [-0.1, -0.05) is 20.8 Å². The first-order valence-electron chi connectivity index (χ1n) is 8.01. The van der Waals surface area contributed by atoms with E-state index >= 15 is 0 Å². The first kappa shape index (κ1) is 14.3. The lowest BCUT2D eigenvalue weighted by molar-refractivity contribution is 0.159. The van der Waals surface area contributed by atoms with Crippen molar-refractivity contribution in [2.45, 2.75) is 65.3 Å². The lowest BCUT2D eigenvalue weighted by atomic mass is 9.71. The van der Waals surface area contributed by atoms with Crippen molar-refractivity contribution in [2.75, 3.05) is 26.2 Å². The van der Waals surface area contributed by atoms with Crippen LogP contribution in [-0.4, -0.2) is 37.1 Å². The Kier molecular flexibility index (Phi) is 5.08. The molecule has 0 amide bonds. The predicted molar refractivity (Wildman–Crippen MR) is 78.9 cm³/mol. The average molecular weight is 252 g/mol. The van der Waals surface area contributed by atoms with E-state index in [0.29, 0.717) is 5.41 Å². The Bertz CT molecular complexity index is 230. The van der Waals surface area contributed by atoms with E-state index in [1.165, 1.54) is 64.7 Å². The monoisotopic (exact) mass is 252 g/mol. The fraction of sp³-hybridized carbons (Fsp3) is 1.00. The lowest BCUT2D eigenvalue weighted by Gasteiger charge is -2.37. The van der Waals surface area contributed by atoms with E-state index in [4.69, 9.17) is 0 Å². The van der Waals surface area contributed by atoms with Crippen molar-refractivity contribution in [3.63, 3.8) is 0 Å². The van der Waals surface area contributed by atoms with Gasteiger partial charge in [0.15, 0.2) is 0 Å². The maximum absolute atomic E-state index is 3.78. The van der Waals surface area contributed by atoms with Gasteiger partial charge in [-0.25, -0.2) is 0 Å². The number of likely N-dealkylation sites (tertiary alicyclic amines) is 1. The summed E-state index contributed by atoms with van der Waals surface area (Å²) in [4.78, 5) is 2.60. The zero-order valence-electron chi connectivity index (χ0n) is 12.7. The average Bonchev–Trinajstić information content (AvgIpc) is 2.82. The molecule has 18 heavy (non-hydrogen) atoms. The Morgan fingerprint density at radius 3 is 2.17 bits per heavy atom. The molecule has 1 aliphatic carbocycles. The van der Waals surface area contributed by atoms with Crippen molar-refractivity contribution in [3.05, 3.63) is 0 Å². The van der Waals surface area contributed by atoms with Crippen LogP contribution in [0.2, 0.25) is 0 Å². The van der Waals surface area contributed by atoms with Gasteiger partial charge < -0.3 is 10.2 Å². The van der Waals surface area contributed by atoms with Crippen molar-refractivity contribution in [2.24, 2.45) is 11.3 Å². The Balaban J connectivity index is 1.58. The normalized spacial score (nSPS) is 30.8. The summed E-state index contributed by atoms with van der Waals surface area (Å²) < 4.78 is 0. The van der Waals surface area contributed by atoms with Gasteiger partial charge in [-0.05, 0) is 62.9 Å². The Morgan fingerprint density at radius 2 is 1.61 bits per heavy atom. The molecule has 1 saturated heterocycles. The minimum absolute atomic E-state index is 0.514. The molecule has 0 bridgehead atoms. The third-order valence-electron chi connectivity index (χ3n) is 5.01. The van der Waals surface area contributed by atoms with E-state index in [9.17, 15) is 0 Å². The standard InChI is InChI=1S/C16H32N2/c1-16(2,3)14-6-8-15(9-7-14)17-10-13-18-11-4-5-12-18/h14-15,17H,4-13H2,1-3H3. The highest BCUT2D eigenvalue weighted by atomic mass is 15.2. The molecule has 0 radical (unpaired) electrons. The van der Waals surface area contributed by atoms with E-state index in [1.807, 2.05) is 0 Å². The third kappa shape index (κ3) is 4.24. The van der Waals surface area contributed by atoms with Crippen LogP contribution in [0.4, 0.5) is 0 Å². The highest BCUT2D eigenvalue weighted by molar-refractivity contribution is 4.83. The van der Waals surface area contributed by atoms with Crippen LogP contribution in [-0.2, 0) is 0 Å². The van der Waals surface area contributed by atoms with Crippen molar-refractivity contribution < 1.29 is 0 Å². The zero-order chi connectivity index (χ0) is 13.0. The molecule has 0 aromatic rings. The van der Waals surface area contributed by atoms with Crippen LogP contribution < -0.4 is 5.32 Å². The molecule has 0 atom stereocenters. The molecule has 1 aliphatic heterocycles. The van der Waals surface area contributed by atoms with Crippen molar-refractivity contribution in [3.8, 4) is 0 Å². The Labute approximate surface area is 114 Å². The summed E-state index contributed by atoms with van der Waals surface area (Å²) in [5.74, 6) is 0.939. The summed E-state index contributed by atoms with van der Waals surface area (Å²) in [6.45, 7) is 12.3. The van der Waals surface area contributed by atoms with Crippen LogP contribution in [0, 0.1) is 11.3 Å². The molecule has 2 rings (SSSR count). The van der Waals surface area contributed by atoms with Gasteiger partial charge in [-0.3, -0.25) is 0 Å². The summed E-state index contributed by atoms with van der Waals surface area (Å²) in [6, 6.07) is 0.797. The first-order valence-corrected chi connectivity index (χ1v) is 8.01. The van der Waals surface area contributed by atoms with Gasteiger partial charge in [0.2, 0.25) is 0 Å². The Hall–Kier alpha value is -0.0800. The van der Waals surface area contributed by atoms with Crippen LogP contribution in [0.3, 0.4) is 0 Å². The fourth-order valence-corrected chi connectivity index (χ4v) is 3.60. The second-order valence-electron chi connectivity index (χ2n) is 7.42. The molecule has 2 nitrogen and oxygen atoms in total. The molecule has 2 fully saturated rings. The molecule has 0 aromatic carbocycles. The van der Waals surface area contributed by atoms with Crippen LogP contribution in [0.1, 0.15) is 59.3 Å². The Morgan fingerprint density at radius 1 is 1.00 bits per heavy atom. The van der Waals surface area contributed by atoms with Crippen LogP contribution in [0.5, 0.6) is 0 Å². The molecule has 1 heterocycles. The summed E-state index contributed by atoms with van der Waals surface area (Å²) in [5, 5.41) is 3.78. The molecule has 106 valence electrons. The summed E-state index contributed by atoms with van der Waals surface area (Å²) in [6.07, 6.45) is 8.45. The third-order valence-corrected chi connectivity index (χ3v) is 5.01. The SMILES string of the molecule is CC(C)(C)C1CCC(NCCN2CCCC2)CC1. The van der Waals surface area contributed by atoms with Crippen molar-refractivity contribution in [1.29, 1.82) is 0 Å². The molecule has 2 heteroatoms. The summed E-state index contributed by atoms with van der Waals surface area (Å²) in [5.41, 5.74) is 0.514. The maximum atomic E-state index is 3.78. The fourth-order valence-electron chi connectivity index (χ4n) is 3.60. The number of nitrogens with one attached hydrogen (secondary N) is 1. The van der Waals surface area contributed by atoms with E-state index in [2.05, 4.69) is 31.0 Å². The van der Waals surface area contributed by atoms with Gasteiger partial charge in [0, 0.05) is 19.1 Å². The maximum Gasteiger partial charge on any atom is 0.0107 e. The van der Waals surface area contributed by atoms with Gasteiger partial charge in [0.05, 0.1) is 0 Å². The molecular formula is C16H32N2. The van der Waals surface area contributed by atoms with Crippen LogP contribution >= 0.6 is 0 Å². The molecule has 1 saturated carbocycles. The summed E-state index contributed by atoms with van der Waals surface area (Å²) >= 11 is 0. The molecule has 0 spiro atoms. The van der Waals surface area contributed by atoms with Gasteiger partial charge in [-0.2, -0.15) is 0 Å². The highest BCUT2D eigenvalue weighted by Crippen LogP contribution is 2.37. The molecule has 0 unspecified atom stereocenters. The second-order valence-corrected chi connectivity index (χ2v) is 7.42. The van der Waals surface area contributed by atoms with Crippen LogP contribution in [0.15, 0.2) is 0 Å².